The lowest BCUT2D eigenvalue weighted by Gasteiger charge is -2.20. The zero-order chi connectivity index (χ0) is 17.5. The van der Waals surface area contributed by atoms with Crippen molar-refractivity contribution in [2.75, 3.05) is 12.4 Å². The second-order valence-electron chi connectivity index (χ2n) is 5.58. The van der Waals surface area contributed by atoms with E-state index < -0.39 is 0 Å². The van der Waals surface area contributed by atoms with Gasteiger partial charge in [-0.15, -0.1) is 10.2 Å². The van der Waals surface area contributed by atoms with E-state index in [0.717, 1.165) is 23.3 Å². The van der Waals surface area contributed by atoms with Crippen molar-refractivity contribution in [3.63, 3.8) is 0 Å². The van der Waals surface area contributed by atoms with Crippen molar-refractivity contribution < 1.29 is 4.74 Å². The molecule has 0 spiro atoms. The quantitative estimate of drug-likeness (QED) is 0.745. The zero-order valence-corrected chi connectivity index (χ0v) is 13.9. The van der Waals surface area contributed by atoms with Gasteiger partial charge in [0.2, 0.25) is 0 Å². The van der Waals surface area contributed by atoms with Crippen LogP contribution in [0.3, 0.4) is 0 Å². The Hall–Kier alpha value is -3.39. The Morgan fingerprint density at radius 1 is 1.04 bits per heavy atom. The van der Waals surface area contributed by atoms with Gasteiger partial charge in [-0.2, -0.15) is 5.26 Å². The highest BCUT2D eigenvalue weighted by atomic mass is 16.5. The van der Waals surface area contributed by atoms with E-state index in [1.165, 1.54) is 0 Å². The summed E-state index contributed by atoms with van der Waals surface area (Å²) >= 11 is 0. The van der Waals surface area contributed by atoms with Crippen molar-refractivity contribution in [1.82, 2.24) is 10.2 Å². The summed E-state index contributed by atoms with van der Waals surface area (Å²) < 4.78 is 5.31. The van der Waals surface area contributed by atoms with Gasteiger partial charge in [0.1, 0.15) is 17.6 Å². The molecule has 2 aromatic carbocycles. The predicted octanol–water partition coefficient (Wildman–Crippen LogP) is 3.75. The fourth-order valence-corrected chi connectivity index (χ4v) is 2.62. The molecule has 124 valence electrons. The van der Waals surface area contributed by atoms with Gasteiger partial charge in [-0.3, -0.25) is 0 Å². The summed E-state index contributed by atoms with van der Waals surface area (Å²) in [5.74, 6) is 1.47. The van der Waals surface area contributed by atoms with Crippen LogP contribution in [0.25, 0.3) is 0 Å². The SMILES string of the molecule is COc1cccc(CC(Nc2ccc(C#N)nn2)c2ccccc2)c1. The van der Waals surface area contributed by atoms with E-state index in [9.17, 15) is 0 Å². The molecule has 0 aliphatic carbocycles. The molecule has 0 fully saturated rings. The van der Waals surface area contributed by atoms with Crippen LogP contribution in [0, 0.1) is 11.3 Å². The largest absolute Gasteiger partial charge is 0.497 e. The van der Waals surface area contributed by atoms with Crippen LogP contribution in [0.5, 0.6) is 5.75 Å². The fraction of sp³-hybridized carbons (Fsp3) is 0.150. The van der Waals surface area contributed by atoms with E-state index in [-0.39, 0.29) is 6.04 Å². The Morgan fingerprint density at radius 3 is 2.56 bits per heavy atom. The number of hydrogen-bond donors (Lipinski definition) is 1. The standard InChI is InChI=1S/C20H18N4O/c1-25-18-9-5-6-15(12-18)13-19(16-7-3-2-4-8-16)22-20-11-10-17(14-21)23-24-20/h2-12,19H,13H2,1H3,(H,22,24). The van der Waals surface area contributed by atoms with Gasteiger partial charge >= 0.3 is 0 Å². The number of nitrogens with zero attached hydrogens (tertiary/aromatic N) is 3. The topological polar surface area (TPSA) is 70.8 Å². The van der Waals surface area contributed by atoms with E-state index in [2.05, 4.69) is 33.7 Å². The van der Waals surface area contributed by atoms with Gasteiger partial charge in [-0.25, -0.2) is 0 Å². The van der Waals surface area contributed by atoms with Crippen LogP contribution in [0.1, 0.15) is 22.9 Å². The van der Waals surface area contributed by atoms with Crippen molar-refractivity contribution in [3.05, 3.63) is 83.6 Å². The number of ether oxygens (including phenoxy) is 1. The molecular formula is C20H18N4O. The maximum Gasteiger partial charge on any atom is 0.163 e. The van der Waals surface area contributed by atoms with E-state index in [1.54, 1.807) is 19.2 Å². The first-order chi connectivity index (χ1) is 12.3. The van der Waals surface area contributed by atoms with Gasteiger partial charge in [-0.1, -0.05) is 42.5 Å². The molecule has 3 rings (SSSR count). The number of benzene rings is 2. The van der Waals surface area contributed by atoms with Gasteiger partial charge in [0, 0.05) is 0 Å². The third-order valence-corrected chi connectivity index (χ3v) is 3.88. The van der Waals surface area contributed by atoms with Gasteiger partial charge in [0.15, 0.2) is 5.69 Å². The highest BCUT2D eigenvalue weighted by Gasteiger charge is 2.13. The zero-order valence-electron chi connectivity index (χ0n) is 13.9. The Kier molecular flexibility index (Phi) is 5.22. The minimum atomic E-state index is 0.0236. The smallest absolute Gasteiger partial charge is 0.163 e. The van der Waals surface area contributed by atoms with Crippen LogP contribution < -0.4 is 10.1 Å². The number of nitrogens with one attached hydrogen (secondary N) is 1. The lowest BCUT2D eigenvalue weighted by atomic mass is 9.98. The highest BCUT2D eigenvalue weighted by molar-refractivity contribution is 5.40. The first-order valence-corrected chi connectivity index (χ1v) is 7.97. The van der Waals surface area contributed by atoms with Gasteiger partial charge in [-0.05, 0) is 41.8 Å². The molecule has 0 aliphatic rings. The molecule has 0 radical (unpaired) electrons. The van der Waals surface area contributed by atoms with Crippen molar-refractivity contribution in [2.24, 2.45) is 0 Å². The Morgan fingerprint density at radius 2 is 1.88 bits per heavy atom. The number of anilines is 1. The molecule has 0 amide bonds. The van der Waals surface area contributed by atoms with Crippen molar-refractivity contribution >= 4 is 5.82 Å². The van der Waals surface area contributed by atoms with E-state index in [4.69, 9.17) is 10.00 Å². The van der Waals surface area contributed by atoms with Gasteiger partial charge in [0.05, 0.1) is 13.2 Å². The molecule has 1 heterocycles. The number of hydrogen-bond acceptors (Lipinski definition) is 5. The van der Waals surface area contributed by atoms with E-state index >= 15 is 0 Å². The lowest BCUT2D eigenvalue weighted by molar-refractivity contribution is 0.414. The Bertz CT molecular complexity index is 857. The average Bonchev–Trinajstić information content (AvgIpc) is 2.69. The maximum absolute atomic E-state index is 8.85. The van der Waals surface area contributed by atoms with Crippen LogP contribution in [0.15, 0.2) is 66.7 Å². The minimum absolute atomic E-state index is 0.0236. The summed E-state index contributed by atoms with van der Waals surface area (Å²) in [4.78, 5) is 0. The second kappa shape index (κ2) is 7.93. The summed E-state index contributed by atoms with van der Waals surface area (Å²) in [7, 11) is 1.67. The summed E-state index contributed by atoms with van der Waals surface area (Å²) in [6, 6.07) is 23.6. The molecule has 5 heteroatoms. The van der Waals surface area contributed by atoms with E-state index in [1.807, 2.05) is 42.5 Å². The molecule has 5 nitrogen and oxygen atoms in total. The number of methoxy groups -OCH3 is 1. The van der Waals surface area contributed by atoms with Gasteiger partial charge < -0.3 is 10.1 Å². The molecule has 0 saturated carbocycles. The van der Waals surface area contributed by atoms with Crippen LogP contribution in [-0.4, -0.2) is 17.3 Å². The molecule has 0 bridgehead atoms. The average molecular weight is 330 g/mol. The van der Waals surface area contributed by atoms with Gasteiger partial charge in [0.25, 0.3) is 0 Å². The molecule has 0 aliphatic heterocycles. The van der Waals surface area contributed by atoms with Crippen LogP contribution >= 0.6 is 0 Å². The predicted molar refractivity (Wildman–Crippen MR) is 96.3 cm³/mol. The summed E-state index contributed by atoms with van der Waals surface area (Å²) in [6.45, 7) is 0. The molecule has 1 aromatic heterocycles. The van der Waals surface area contributed by atoms with Crippen molar-refractivity contribution in [3.8, 4) is 11.8 Å². The minimum Gasteiger partial charge on any atom is -0.497 e. The highest BCUT2D eigenvalue weighted by Crippen LogP contribution is 2.24. The van der Waals surface area contributed by atoms with Crippen molar-refractivity contribution in [2.45, 2.75) is 12.5 Å². The number of aromatic nitrogens is 2. The molecule has 25 heavy (non-hydrogen) atoms. The summed E-state index contributed by atoms with van der Waals surface area (Å²) in [5.41, 5.74) is 2.60. The van der Waals surface area contributed by atoms with Crippen LogP contribution in [-0.2, 0) is 6.42 Å². The molecule has 1 atom stereocenters. The Balaban J connectivity index is 1.85. The summed E-state index contributed by atoms with van der Waals surface area (Å²) in [6.07, 6.45) is 0.767. The van der Waals surface area contributed by atoms with Crippen LogP contribution in [0.2, 0.25) is 0 Å². The number of rotatable bonds is 6. The van der Waals surface area contributed by atoms with Crippen molar-refractivity contribution in [1.29, 1.82) is 5.26 Å². The number of nitriles is 1. The second-order valence-corrected chi connectivity index (χ2v) is 5.58. The third-order valence-electron chi connectivity index (χ3n) is 3.88. The van der Waals surface area contributed by atoms with Crippen LogP contribution in [0.4, 0.5) is 5.82 Å². The molecule has 3 aromatic rings. The molecule has 1 N–H and O–H groups in total. The Labute approximate surface area is 146 Å². The maximum atomic E-state index is 8.85. The monoisotopic (exact) mass is 330 g/mol. The third kappa shape index (κ3) is 4.33. The normalized spacial score (nSPS) is 11.4. The first kappa shape index (κ1) is 16.5. The molecule has 0 saturated heterocycles. The fourth-order valence-electron chi connectivity index (χ4n) is 2.62. The molecular weight excluding hydrogens is 312 g/mol. The molecule has 1 unspecified atom stereocenters. The van der Waals surface area contributed by atoms with E-state index in [0.29, 0.717) is 11.5 Å². The lowest BCUT2D eigenvalue weighted by Crippen LogP contribution is -2.15. The first-order valence-electron chi connectivity index (χ1n) is 7.97. The summed E-state index contributed by atoms with van der Waals surface area (Å²) in [5, 5.41) is 20.2.